The lowest BCUT2D eigenvalue weighted by Gasteiger charge is -2.21. The highest BCUT2D eigenvalue weighted by molar-refractivity contribution is 5.80. The largest absolute Gasteiger partial charge is 0.428 e. The first-order valence-corrected chi connectivity index (χ1v) is 10.5. The van der Waals surface area contributed by atoms with E-state index in [4.69, 9.17) is 0 Å². The summed E-state index contributed by atoms with van der Waals surface area (Å²) in [6.07, 6.45) is 2.23. The second-order valence-corrected chi connectivity index (χ2v) is 7.69. The molecule has 5 rings (SSSR count). The van der Waals surface area contributed by atoms with Crippen molar-refractivity contribution < 1.29 is 26.7 Å². The summed E-state index contributed by atoms with van der Waals surface area (Å²) in [6, 6.07) is 7.61. The summed E-state index contributed by atoms with van der Waals surface area (Å²) in [5, 5.41) is 6.07. The van der Waals surface area contributed by atoms with Crippen molar-refractivity contribution >= 4 is 6.21 Å². The molecule has 0 radical (unpaired) electrons. The standard InChI is InChI=1S/C24H15F5N6O/c25-17-3-1-2-16(20(17)26)24-33-18-10-32-35(12-19(18)34-24)11-13-8-30-23(31-9-13)14-4-6-15(7-5-14)36-22(29)21(27)28/h1-10H,11-12H2,(H,33,34). The predicted octanol–water partition coefficient (Wildman–Crippen LogP) is 5.58. The molecule has 7 nitrogen and oxygen atoms in total. The van der Waals surface area contributed by atoms with Gasteiger partial charge in [-0.3, -0.25) is 5.01 Å². The fraction of sp³-hybridized carbons (Fsp3) is 0.0833. The van der Waals surface area contributed by atoms with Crippen LogP contribution in [0.25, 0.3) is 22.8 Å². The van der Waals surface area contributed by atoms with Crippen LogP contribution < -0.4 is 4.74 Å². The molecule has 2 aromatic heterocycles. The van der Waals surface area contributed by atoms with Gasteiger partial charge in [0.2, 0.25) is 0 Å². The Hall–Kier alpha value is -4.61. The molecule has 0 spiro atoms. The van der Waals surface area contributed by atoms with Gasteiger partial charge in [-0.2, -0.15) is 18.3 Å². The minimum atomic E-state index is -2.54. The monoisotopic (exact) mass is 498 g/mol. The lowest BCUT2D eigenvalue weighted by molar-refractivity contribution is 0.241. The van der Waals surface area contributed by atoms with Crippen LogP contribution in [0, 0.1) is 11.6 Å². The molecule has 0 bridgehead atoms. The van der Waals surface area contributed by atoms with Gasteiger partial charge in [-0.05, 0) is 36.4 Å². The third-order valence-corrected chi connectivity index (χ3v) is 5.24. The van der Waals surface area contributed by atoms with Gasteiger partial charge in [0, 0.05) is 23.5 Å². The molecule has 3 heterocycles. The van der Waals surface area contributed by atoms with Crippen LogP contribution >= 0.6 is 0 Å². The van der Waals surface area contributed by atoms with E-state index >= 15 is 0 Å². The second kappa shape index (κ2) is 9.56. The molecular weight excluding hydrogens is 483 g/mol. The highest BCUT2D eigenvalue weighted by Crippen LogP contribution is 2.26. The van der Waals surface area contributed by atoms with E-state index in [1.54, 1.807) is 23.6 Å². The molecule has 0 aliphatic carbocycles. The number of aromatic amines is 1. The van der Waals surface area contributed by atoms with Crippen molar-refractivity contribution in [2.45, 2.75) is 13.1 Å². The number of aromatic nitrogens is 4. The summed E-state index contributed by atoms with van der Waals surface area (Å²) >= 11 is 0. The molecule has 1 aliphatic heterocycles. The SMILES string of the molecule is FC(F)=C(F)Oc1ccc(-c2ncc(CN3Cc4nc(-c5cccc(F)c5F)[nH]c4C=N3)cn2)cc1. The summed E-state index contributed by atoms with van der Waals surface area (Å²) < 4.78 is 69.3. The molecule has 0 saturated heterocycles. The van der Waals surface area contributed by atoms with Gasteiger partial charge < -0.3 is 9.72 Å². The van der Waals surface area contributed by atoms with Crippen LogP contribution in [0.1, 0.15) is 17.0 Å². The lowest BCUT2D eigenvalue weighted by Crippen LogP contribution is -2.21. The van der Waals surface area contributed by atoms with Crippen molar-refractivity contribution in [3.8, 4) is 28.5 Å². The van der Waals surface area contributed by atoms with Gasteiger partial charge in [0.15, 0.2) is 17.5 Å². The Morgan fingerprint density at radius 2 is 1.75 bits per heavy atom. The summed E-state index contributed by atoms with van der Waals surface area (Å²) in [5.74, 6) is -1.44. The molecule has 12 heteroatoms. The van der Waals surface area contributed by atoms with E-state index in [0.29, 0.717) is 35.9 Å². The second-order valence-electron chi connectivity index (χ2n) is 7.69. The summed E-state index contributed by atoms with van der Waals surface area (Å²) in [4.78, 5) is 16.0. The Kier molecular flexibility index (Phi) is 6.15. The lowest BCUT2D eigenvalue weighted by atomic mass is 10.2. The van der Waals surface area contributed by atoms with Crippen LogP contribution in [-0.2, 0) is 13.1 Å². The first-order chi connectivity index (χ1) is 17.4. The third-order valence-electron chi connectivity index (χ3n) is 5.24. The maximum absolute atomic E-state index is 14.1. The van der Waals surface area contributed by atoms with Crippen molar-refractivity contribution in [3.05, 3.63) is 95.5 Å². The molecule has 182 valence electrons. The first-order valence-electron chi connectivity index (χ1n) is 10.5. The summed E-state index contributed by atoms with van der Waals surface area (Å²) in [6.45, 7) is 0.687. The van der Waals surface area contributed by atoms with E-state index in [1.165, 1.54) is 36.4 Å². The van der Waals surface area contributed by atoms with Gasteiger partial charge in [-0.1, -0.05) is 6.07 Å². The van der Waals surface area contributed by atoms with E-state index in [1.807, 2.05) is 0 Å². The number of fused-ring (bicyclic) bond motifs is 1. The van der Waals surface area contributed by atoms with E-state index in [-0.39, 0.29) is 17.1 Å². The quantitative estimate of drug-likeness (QED) is 0.278. The number of halogens is 5. The number of imidazole rings is 1. The van der Waals surface area contributed by atoms with Crippen LogP contribution in [0.4, 0.5) is 22.0 Å². The van der Waals surface area contributed by atoms with Crippen LogP contribution in [-0.4, -0.2) is 31.2 Å². The van der Waals surface area contributed by atoms with Crippen molar-refractivity contribution in [3.63, 3.8) is 0 Å². The number of nitrogens with one attached hydrogen (secondary N) is 1. The fourth-order valence-corrected chi connectivity index (χ4v) is 3.52. The molecule has 1 aliphatic rings. The van der Waals surface area contributed by atoms with Crippen LogP contribution in [0.2, 0.25) is 0 Å². The first kappa shape index (κ1) is 23.1. The molecule has 36 heavy (non-hydrogen) atoms. The number of benzene rings is 2. The van der Waals surface area contributed by atoms with Gasteiger partial charge in [-0.15, -0.1) is 0 Å². The molecule has 0 unspecified atom stereocenters. The normalized spacial score (nSPS) is 12.4. The smallest absolute Gasteiger partial charge is 0.344 e. The van der Waals surface area contributed by atoms with E-state index < -0.39 is 23.7 Å². The number of hydrogen-bond donors (Lipinski definition) is 1. The van der Waals surface area contributed by atoms with E-state index in [9.17, 15) is 22.0 Å². The highest BCUT2D eigenvalue weighted by Gasteiger charge is 2.20. The number of H-pyrrole nitrogens is 1. The molecule has 0 atom stereocenters. The van der Waals surface area contributed by atoms with Gasteiger partial charge in [-0.25, -0.2) is 23.7 Å². The number of ether oxygens (including phenoxy) is 1. The number of hydrazone groups is 1. The zero-order valence-electron chi connectivity index (χ0n) is 18.2. The Bertz CT molecular complexity index is 1460. The van der Waals surface area contributed by atoms with Gasteiger partial charge in [0.1, 0.15) is 11.6 Å². The van der Waals surface area contributed by atoms with Gasteiger partial charge in [0.25, 0.3) is 0 Å². The Labute approximate surface area is 200 Å². The minimum absolute atomic E-state index is 0.0316. The predicted molar refractivity (Wildman–Crippen MR) is 119 cm³/mol. The van der Waals surface area contributed by atoms with Crippen LogP contribution in [0.3, 0.4) is 0 Å². The maximum Gasteiger partial charge on any atom is 0.344 e. The van der Waals surface area contributed by atoms with Gasteiger partial charge >= 0.3 is 12.1 Å². The molecule has 0 saturated carbocycles. The number of rotatable bonds is 6. The average molecular weight is 498 g/mol. The average Bonchev–Trinajstić information content (AvgIpc) is 3.30. The molecule has 0 amide bonds. The summed E-state index contributed by atoms with van der Waals surface area (Å²) in [7, 11) is 0. The highest BCUT2D eigenvalue weighted by atomic mass is 19.3. The van der Waals surface area contributed by atoms with Crippen LogP contribution in [0.5, 0.6) is 5.75 Å². The van der Waals surface area contributed by atoms with E-state index in [2.05, 4.69) is 29.8 Å². The molecule has 1 N–H and O–H groups in total. The molecule has 2 aromatic carbocycles. The Morgan fingerprint density at radius 1 is 1.00 bits per heavy atom. The van der Waals surface area contributed by atoms with Crippen molar-refractivity contribution in [2.75, 3.05) is 0 Å². The number of nitrogens with zero attached hydrogens (tertiary/aromatic N) is 5. The zero-order valence-corrected chi connectivity index (χ0v) is 18.2. The van der Waals surface area contributed by atoms with Crippen molar-refractivity contribution in [2.24, 2.45) is 5.10 Å². The minimum Gasteiger partial charge on any atom is -0.428 e. The van der Waals surface area contributed by atoms with Crippen LogP contribution in [0.15, 0.2) is 72.1 Å². The molecule has 4 aromatic rings. The fourth-order valence-electron chi connectivity index (χ4n) is 3.52. The van der Waals surface area contributed by atoms with E-state index in [0.717, 1.165) is 11.6 Å². The number of hydrogen-bond acceptors (Lipinski definition) is 6. The van der Waals surface area contributed by atoms with Crippen molar-refractivity contribution in [1.29, 1.82) is 0 Å². The third kappa shape index (κ3) is 4.78. The molecule has 0 fully saturated rings. The molecular formula is C24H15F5N6O. The topological polar surface area (TPSA) is 79.3 Å². The zero-order chi connectivity index (χ0) is 25.2. The Morgan fingerprint density at radius 3 is 2.47 bits per heavy atom. The summed E-state index contributed by atoms with van der Waals surface area (Å²) in [5.41, 5.74) is 2.59. The maximum atomic E-state index is 14.1. The Balaban J connectivity index is 1.24. The van der Waals surface area contributed by atoms with Gasteiger partial charge in [0.05, 0.1) is 36.3 Å². The van der Waals surface area contributed by atoms with Crippen molar-refractivity contribution in [1.82, 2.24) is 24.9 Å².